The number of esters is 1. The first kappa shape index (κ1) is 24.0. The van der Waals surface area contributed by atoms with Gasteiger partial charge in [-0.15, -0.1) is 0 Å². The van der Waals surface area contributed by atoms with Crippen LogP contribution in [0.1, 0.15) is 20.7 Å². The number of carbonyl (C=O) groups is 2. The predicted octanol–water partition coefficient (Wildman–Crippen LogP) is 4.71. The topological polar surface area (TPSA) is 90.0 Å². The van der Waals surface area contributed by atoms with Crippen molar-refractivity contribution in [2.45, 2.75) is 4.90 Å². The largest absolute Gasteiger partial charge is 0.497 e. The maximum atomic E-state index is 13.1. The van der Waals surface area contributed by atoms with Crippen LogP contribution in [0.2, 0.25) is 0 Å². The highest BCUT2D eigenvalue weighted by Crippen LogP contribution is 2.25. The van der Waals surface area contributed by atoms with E-state index in [0.29, 0.717) is 17.0 Å². The molecule has 0 amide bonds. The Bertz CT molecular complexity index is 1500. The van der Waals surface area contributed by atoms with Crippen LogP contribution in [0.3, 0.4) is 0 Å². The zero-order valence-electron chi connectivity index (χ0n) is 19.2. The molecule has 178 valence electrons. The van der Waals surface area contributed by atoms with Crippen LogP contribution in [-0.2, 0) is 14.8 Å². The molecule has 0 aliphatic heterocycles. The minimum absolute atomic E-state index is 0.0283. The van der Waals surface area contributed by atoms with Crippen LogP contribution < -0.4 is 9.04 Å². The molecule has 4 rings (SSSR count). The molecule has 0 saturated heterocycles. The van der Waals surface area contributed by atoms with Crippen molar-refractivity contribution in [3.05, 3.63) is 102 Å². The fourth-order valence-corrected chi connectivity index (χ4v) is 4.78. The number of rotatable bonds is 8. The van der Waals surface area contributed by atoms with E-state index in [1.54, 1.807) is 36.4 Å². The summed E-state index contributed by atoms with van der Waals surface area (Å²) in [6, 6.07) is 25.0. The second kappa shape index (κ2) is 9.99. The Labute approximate surface area is 203 Å². The van der Waals surface area contributed by atoms with Crippen molar-refractivity contribution in [1.82, 2.24) is 0 Å². The van der Waals surface area contributed by atoms with Crippen LogP contribution in [0, 0.1) is 0 Å². The third kappa shape index (κ3) is 5.17. The van der Waals surface area contributed by atoms with Gasteiger partial charge in [0.25, 0.3) is 10.0 Å². The first-order valence-electron chi connectivity index (χ1n) is 10.7. The molecule has 7 nitrogen and oxygen atoms in total. The van der Waals surface area contributed by atoms with Crippen molar-refractivity contribution in [1.29, 1.82) is 0 Å². The number of ether oxygens (including phenoxy) is 2. The molecule has 35 heavy (non-hydrogen) atoms. The summed E-state index contributed by atoms with van der Waals surface area (Å²) in [5, 5.41) is 1.90. The van der Waals surface area contributed by atoms with Gasteiger partial charge in [-0.1, -0.05) is 42.5 Å². The molecule has 0 bridgehead atoms. The van der Waals surface area contributed by atoms with E-state index in [1.165, 1.54) is 38.4 Å². The van der Waals surface area contributed by atoms with E-state index in [9.17, 15) is 18.0 Å². The van der Waals surface area contributed by atoms with E-state index >= 15 is 0 Å². The lowest BCUT2D eigenvalue weighted by Crippen LogP contribution is -2.26. The van der Waals surface area contributed by atoms with Crippen molar-refractivity contribution in [3.63, 3.8) is 0 Å². The minimum atomic E-state index is -3.94. The summed E-state index contributed by atoms with van der Waals surface area (Å²) in [4.78, 5) is 25.1. The van der Waals surface area contributed by atoms with Crippen LogP contribution in [-0.4, -0.2) is 40.9 Å². The van der Waals surface area contributed by atoms with Crippen molar-refractivity contribution in [2.24, 2.45) is 0 Å². The number of methoxy groups -OCH3 is 1. The van der Waals surface area contributed by atoms with Crippen molar-refractivity contribution < 1.29 is 27.5 Å². The molecule has 0 fully saturated rings. The molecule has 8 heteroatoms. The SMILES string of the molecule is COc1ccc(N(C)S(=O)(=O)c2cccc(C(=O)OCC(=O)c3ccc4ccccc4c3)c2)cc1. The van der Waals surface area contributed by atoms with E-state index in [2.05, 4.69) is 0 Å². The van der Waals surface area contributed by atoms with Gasteiger partial charge in [-0.3, -0.25) is 9.10 Å². The fourth-order valence-electron chi connectivity index (χ4n) is 3.53. The summed E-state index contributed by atoms with van der Waals surface area (Å²) in [5.74, 6) is -0.544. The van der Waals surface area contributed by atoms with Gasteiger partial charge in [0.05, 0.1) is 23.3 Å². The average molecular weight is 490 g/mol. The zero-order valence-corrected chi connectivity index (χ0v) is 20.0. The Morgan fingerprint density at radius 3 is 2.23 bits per heavy atom. The van der Waals surface area contributed by atoms with Gasteiger partial charge in [0.1, 0.15) is 5.75 Å². The summed E-state index contributed by atoms with van der Waals surface area (Å²) < 4.78 is 37.6. The van der Waals surface area contributed by atoms with Gasteiger partial charge in [-0.05, 0) is 59.3 Å². The molecule has 0 aliphatic rings. The zero-order chi connectivity index (χ0) is 25.0. The molecule has 0 heterocycles. The first-order chi connectivity index (χ1) is 16.8. The second-order valence-electron chi connectivity index (χ2n) is 7.76. The van der Waals surface area contributed by atoms with Gasteiger partial charge in [-0.2, -0.15) is 0 Å². The number of hydrogen-bond acceptors (Lipinski definition) is 6. The number of anilines is 1. The number of sulfonamides is 1. The maximum Gasteiger partial charge on any atom is 0.338 e. The summed E-state index contributed by atoms with van der Waals surface area (Å²) in [6.45, 7) is -0.458. The quantitative estimate of drug-likeness (QED) is 0.263. The number of fused-ring (bicyclic) bond motifs is 1. The summed E-state index contributed by atoms with van der Waals surface area (Å²) in [5.41, 5.74) is 0.884. The molecular weight excluding hydrogens is 466 g/mol. The lowest BCUT2D eigenvalue weighted by Gasteiger charge is -2.20. The third-order valence-electron chi connectivity index (χ3n) is 5.57. The average Bonchev–Trinajstić information content (AvgIpc) is 2.90. The molecule has 0 saturated carbocycles. The molecule has 0 N–H and O–H groups in total. The third-order valence-corrected chi connectivity index (χ3v) is 7.35. The number of Topliss-reactive ketones (excluding diaryl/α,β-unsaturated/α-hetero) is 1. The van der Waals surface area contributed by atoms with Gasteiger partial charge < -0.3 is 9.47 Å². The Hall–Kier alpha value is -4.17. The highest BCUT2D eigenvalue weighted by molar-refractivity contribution is 7.92. The van der Waals surface area contributed by atoms with Crippen LogP contribution in [0.25, 0.3) is 10.8 Å². The van der Waals surface area contributed by atoms with E-state index < -0.39 is 22.6 Å². The van der Waals surface area contributed by atoms with Gasteiger partial charge in [-0.25, -0.2) is 13.2 Å². The van der Waals surface area contributed by atoms with Crippen LogP contribution in [0.15, 0.2) is 95.9 Å². The summed E-state index contributed by atoms with van der Waals surface area (Å²) in [7, 11) is -1.00. The molecule has 0 unspecified atom stereocenters. The summed E-state index contributed by atoms with van der Waals surface area (Å²) in [6.07, 6.45) is 0. The van der Waals surface area contributed by atoms with E-state index in [-0.39, 0.29) is 16.2 Å². The molecule has 4 aromatic carbocycles. The van der Waals surface area contributed by atoms with Crippen LogP contribution in [0.4, 0.5) is 5.69 Å². The van der Waals surface area contributed by atoms with Crippen LogP contribution >= 0.6 is 0 Å². The van der Waals surface area contributed by atoms with E-state index in [4.69, 9.17) is 9.47 Å². The Morgan fingerprint density at radius 1 is 0.800 bits per heavy atom. The Morgan fingerprint density at radius 2 is 1.51 bits per heavy atom. The molecule has 0 aromatic heterocycles. The minimum Gasteiger partial charge on any atom is -0.497 e. The highest BCUT2D eigenvalue weighted by atomic mass is 32.2. The summed E-state index contributed by atoms with van der Waals surface area (Å²) >= 11 is 0. The smallest absolute Gasteiger partial charge is 0.338 e. The molecule has 0 atom stereocenters. The van der Waals surface area contributed by atoms with Crippen molar-refractivity contribution >= 4 is 38.2 Å². The van der Waals surface area contributed by atoms with Crippen molar-refractivity contribution in [2.75, 3.05) is 25.1 Å². The molecule has 0 radical (unpaired) electrons. The van der Waals surface area contributed by atoms with Gasteiger partial charge in [0, 0.05) is 12.6 Å². The number of nitrogens with zero attached hydrogens (tertiary/aromatic N) is 1. The van der Waals surface area contributed by atoms with Crippen LogP contribution in [0.5, 0.6) is 5.75 Å². The van der Waals surface area contributed by atoms with Gasteiger partial charge in [0.2, 0.25) is 0 Å². The van der Waals surface area contributed by atoms with Gasteiger partial charge in [0.15, 0.2) is 12.4 Å². The number of carbonyl (C=O) groups excluding carboxylic acids is 2. The Kier molecular flexibility index (Phi) is 6.84. The second-order valence-corrected chi connectivity index (χ2v) is 9.73. The number of ketones is 1. The van der Waals surface area contributed by atoms with E-state index in [0.717, 1.165) is 15.1 Å². The highest BCUT2D eigenvalue weighted by Gasteiger charge is 2.23. The predicted molar refractivity (Wildman–Crippen MR) is 134 cm³/mol. The molecule has 4 aromatic rings. The first-order valence-corrected chi connectivity index (χ1v) is 12.2. The normalized spacial score (nSPS) is 11.1. The fraction of sp³-hybridized carbons (Fsp3) is 0.111. The molecular formula is C27H23NO6S. The molecule has 0 aliphatic carbocycles. The van der Waals surface area contributed by atoms with Crippen molar-refractivity contribution in [3.8, 4) is 5.75 Å². The van der Waals surface area contributed by atoms with Gasteiger partial charge >= 0.3 is 5.97 Å². The lowest BCUT2D eigenvalue weighted by atomic mass is 10.0. The maximum absolute atomic E-state index is 13.1. The van der Waals surface area contributed by atoms with E-state index in [1.807, 2.05) is 30.3 Å². The Balaban J connectivity index is 1.47. The lowest BCUT2D eigenvalue weighted by molar-refractivity contribution is 0.0474. The monoisotopic (exact) mass is 489 g/mol. The number of hydrogen-bond donors (Lipinski definition) is 0. The standard InChI is InChI=1S/C27H23NO6S/c1-28(23-12-14-24(33-2)15-13-23)35(31,32)25-9-5-8-22(17-25)27(30)34-18-26(29)21-11-10-19-6-3-4-7-20(19)16-21/h3-17H,18H2,1-2H3. The number of benzene rings is 4. The molecule has 0 spiro atoms.